The van der Waals surface area contributed by atoms with Gasteiger partial charge in [-0.3, -0.25) is 0 Å². The van der Waals surface area contributed by atoms with Crippen LogP contribution in [-0.4, -0.2) is 9.78 Å². The van der Waals surface area contributed by atoms with Gasteiger partial charge in [-0.1, -0.05) is 0 Å². The van der Waals surface area contributed by atoms with Crippen LogP contribution in [0.2, 0.25) is 0 Å². The molecular weight excluding hydrogens is 275 g/mol. The van der Waals surface area contributed by atoms with Gasteiger partial charge in [0.2, 0.25) is 0 Å². The third kappa shape index (κ3) is 1.77. The lowest BCUT2D eigenvalue weighted by molar-refractivity contribution is 0.610. The summed E-state index contributed by atoms with van der Waals surface area (Å²) in [5.74, 6) is -0.238. The lowest BCUT2D eigenvalue weighted by Gasteiger charge is -2.02. The molecule has 0 radical (unpaired) electrons. The molecule has 1 aromatic heterocycles. The van der Waals surface area contributed by atoms with E-state index in [0.29, 0.717) is 4.47 Å². The minimum absolute atomic E-state index is 0.247. The van der Waals surface area contributed by atoms with Gasteiger partial charge < -0.3 is 5.73 Å². The fourth-order valence-corrected chi connectivity index (χ4v) is 1.53. The summed E-state index contributed by atoms with van der Waals surface area (Å²) in [6.45, 7) is 0. The molecule has 2 rings (SSSR count). The highest BCUT2D eigenvalue weighted by atomic mass is 79.9. The zero-order valence-corrected chi connectivity index (χ0v) is 9.57. The van der Waals surface area contributed by atoms with Crippen LogP contribution < -0.4 is 5.73 Å². The quantitative estimate of drug-likeness (QED) is 0.871. The van der Waals surface area contributed by atoms with Crippen LogP contribution in [0.25, 0.3) is 5.69 Å². The maximum absolute atomic E-state index is 13.6. The van der Waals surface area contributed by atoms with Gasteiger partial charge in [-0.05, 0) is 34.1 Å². The molecule has 80 valence electrons. The normalized spacial score (nSPS) is 10.1. The SMILES string of the molecule is N#Cc1ccc(-n2cc(Br)c(N)n2)c(F)c1. The minimum atomic E-state index is -0.519. The molecule has 1 aromatic carbocycles. The fourth-order valence-electron chi connectivity index (χ4n) is 1.25. The molecule has 0 saturated carbocycles. The standard InChI is InChI=1S/C10H6BrFN4/c11-7-5-16(15-10(7)14)9-2-1-6(4-13)3-8(9)12/h1-3,5H,(H2,14,15). The van der Waals surface area contributed by atoms with E-state index in [1.54, 1.807) is 6.20 Å². The van der Waals surface area contributed by atoms with Gasteiger partial charge in [-0.25, -0.2) is 9.07 Å². The summed E-state index contributed by atoms with van der Waals surface area (Å²) in [6.07, 6.45) is 1.56. The molecule has 4 nitrogen and oxygen atoms in total. The summed E-state index contributed by atoms with van der Waals surface area (Å²) in [4.78, 5) is 0. The molecule has 16 heavy (non-hydrogen) atoms. The molecule has 0 aliphatic carbocycles. The Hall–Kier alpha value is -1.87. The van der Waals surface area contributed by atoms with E-state index in [9.17, 15) is 4.39 Å². The van der Waals surface area contributed by atoms with Crippen molar-refractivity contribution in [3.8, 4) is 11.8 Å². The van der Waals surface area contributed by atoms with E-state index < -0.39 is 5.82 Å². The Morgan fingerprint density at radius 2 is 2.25 bits per heavy atom. The van der Waals surface area contributed by atoms with Crippen molar-refractivity contribution in [2.24, 2.45) is 0 Å². The van der Waals surface area contributed by atoms with E-state index in [1.807, 2.05) is 6.07 Å². The fraction of sp³-hybridized carbons (Fsp3) is 0. The number of hydrogen-bond donors (Lipinski definition) is 1. The molecule has 0 aliphatic heterocycles. The van der Waals surface area contributed by atoms with Gasteiger partial charge in [0.15, 0.2) is 5.82 Å². The van der Waals surface area contributed by atoms with Crippen molar-refractivity contribution in [2.45, 2.75) is 0 Å². The highest BCUT2D eigenvalue weighted by Gasteiger charge is 2.09. The van der Waals surface area contributed by atoms with Crippen LogP contribution in [0.5, 0.6) is 0 Å². The largest absolute Gasteiger partial charge is 0.381 e. The van der Waals surface area contributed by atoms with E-state index in [0.717, 1.165) is 6.07 Å². The first kappa shape index (κ1) is 10.6. The van der Waals surface area contributed by atoms with Crippen LogP contribution in [-0.2, 0) is 0 Å². The molecule has 2 aromatic rings. The number of nitriles is 1. The first-order valence-corrected chi connectivity index (χ1v) is 5.12. The van der Waals surface area contributed by atoms with E-state index in [-0.39, 0.29) is 17.1 Å². The van der Waals surface area contributed by atoms with Gasteiger partial charge >= 0.3 is 0 Å². The van der Waals surface area contributed by atoms with Crippen LogP contribution in [0.4, 0.5) is 10.2 Å². The number of hydrogen-bond acceptors (Lipinski definition) is 3. The molecule has 0 unspecified atom stereocenters. The maximum atomic E-state index is 13.6. The highest BCUT2D eigenvalue weighted by molar-refractivity contribution is 9.10. The number of benzene rings is 1. The second-order valence-electron chi connectivity index (χ2n) is 3.08. The molecule has 0 bridgehead atoms. The molecule has 0 spiro atoms. The van der Waals surface area contributed by atoms with Crippen molar-refractivity contribution in [1.82, 2.24) is 9.78 Å². The molecule has 2 N–H and O–H groups in total. The number of anilines is 1. The van der Waals surface area contributed by atoms with E-state index >= 15 is 0 Å². The zero-order chi connectivity index (χ0) is 11.7. The van der Waals surface area contributed by atoms with Crippen molar-refractivity contribution in [1.29, 1.82) is 5.26 Å². The summed E-state index contributed by atoms with van der Waals surface area (Å²) in [5, 5.41) is 12.5. The predicted molar refractivity (Wildman–Crippen MR) is 60.3 cm³/mol. The molecule has 0 fully saturated rings. The number of rotatable bonds is 1. The third-order valence-electron chi connectivity index (χ3n) is 2.02. The highest BCUT2D eigenvalue weighted by Crippen LogP contribution is 2.21. The van der Waals surface area contributed by atoms with Crippen molar-refractivity contribution in [2.75, 3.05) is 5.73 Å². The lowest BCUT2D eigenvalue weighted by atomic mass is 10.2. The number of nitrogens with two attached hydrogens (primary N) is 1. The van der Waals surface area contributed by atoms with Crippen molar-refractivity contribution >= 4 is 21.7 Å². The molecule has 0 atom stereocenters. The van der Waals surface area contributed by atoms with Gasteiger partial charge in [-0.2, -0.15) is 5.26 Å². The number of nitrogens with zero attached hydrogens (tertiary/aromatic N) is 3. The van der Waals surface area contributed by atoms with Crippen LogP contribution in [0.15, 0.2) is 28.9 Å². The molecule has 1 heterocycles. The Morgan fingerprint density at radius 3 is 2.75 bits per heavy atom. The Morgan fingerprint density at radius 1 is 1.50 bits per heavy atom. The van der Waals surface area contributed by atoms with Gasteiger partial charge in [0.05, 0.1) is 16.1 Å². The summed E-state index contributed by atoms with van der Waals surface area (Å²) in [7, 11) is 0. The summed E-state index contributed by atoms with van der Waals surface area (Å²) >= 11 is 3.18. The Labute approximate surface area is 99.2 Å². The van der Waals surface area contributed by atoms with Crippen LogP contribution in [0.3, 0.4) is 0 Å². The number of nitrogen functional groups attached to an aromatic ring is 1. The van der Waals surface area contributed by atoms with Gasteiger partial charge in [0, 0.05) is 6.20 Å². The molecule has 0 amide bonds. The minimum Gasteiger partial charge on any atom is -0.381 e. The van der Waals surface area contributed by atoms with Crippen LogP contribution >= 0.6 is 15.9 Å². The smallest absolute Gasteiger partial charge is 0.160 e. The summed E-state index contributed by atoms with van der Waals surface area (Å²) < 4.78 is 15.5. The van der Waals surface area contributed by atoms with Gasteiger partial charge in [-0.15, -0.1) is 5.10 Å². The molecular formula is C10H6BrFN4. The lowest BCUT2D eigenvalue weighted by Crippen LogP contribution is -1.99. The Kier molecular flexibility index (Phi) is 2.62. The van der Waals surface area contributed by atoms with Crippen molar-refractivity contribution in [3.63, 3.8) is 0 Å². The van der Waals surface area contributed by atoms with Crippen molar-refractivity contribution in [3.05, 3.63) is 40.2 Å². The second-order valence-corrected chi connectivity index (χ2v) is 3.94. The predicted octanol–water partition coefficient (Wildman–Crippen LogP) is 2.23. The zero-order valence-electron chi connectivity index (χ0n) is 7.98. The summed E-state index contributed by atoms with van der Waals surface area (Å²) in [5.41, 5.74) is 6.04. The maximum Gasteiger partial charge on any atom is 0.160 e. The number of aromatic nitrogens is 2. The first-order chi connectivity index (χ1) is 7.61. The first-order valence-electron chi connectivity index (χ1n) is 4.32. The second kappa shape index (κ2) is 3.94. The molecule has 6 heteroatoms. The molecule has 0 aliphatic rings. The van der Waals surface area contributed by atoms with E-state index in [4.69, 9.17) is 11.0 Å². The Balaban J connectivity index is 2.53. The monoisotopic (exact) mass is 280 g/mol. The van der Waals surface area contributed by atoms with Gasteiger partial charge in [0.25, 0.3) is 0 Å². The van der Waals surface area contributed by atoms with E-state index in [2.05, 4.69) is 21.0 Å². The van der Waals surface area contributed by atoms with Crippen LogP contribution in [0.1, 0.15) is 5.56 Å². The number of halogens is 2. The third-order valence-corrected chi connectivity index (χ3v) is 2.63. The molecule has 0 saturated heterocycles. The average molecular weight is 281 g/mol. The topological polar surface area (TPSA) is 67.6 Å². The van der Waals surface area contributed by atoms with Crippen LogP contribution in [0, 0.1) is 17.1 Å². The Bertz CT molecular complexity index is 565. The average Bonchev–Trinajstić information content (AvgIpc) is 2.58. The van der Waals surface area contributed by atoms with Crippen molar-refractivity contribution < 1.29 is 4.39 Å². The van der Waals surface area contributed by atoms with Gasteiger partial charge in [0.1, 0.15) is 11.5 Å². The van der Waals surface area contributed by atoms with E-state index in [1.165, 1.54) is 16.8 Å². The summed E-state index contributed by atoms with van der Waals surface area (Å²) in [6, 6.07) is 6.01.